The molecule has 6 heteroatoms. The summed E-state index contributed by atoms with van der Waals surface area (Å²) in [4.78, 5) is 20.1. The molecule has 1 atom stereocenters. The van der Waals surface area contributed by atoms with Gasteiger partial charge in [0.15, 0.2) is 0 Å². The van der Waals surface area contributed by atoms with Gasteiger partial charge in [-0.1, -0.05) is 34.6 Å². The number of rotatable bonds is 1. The average molecular weight is 346 g/mol. The Hall–Kier alpha value is -0.650. The monoisotopic (exact) mass is 345 g/mol. The molecule has 1 aliphatic rings. The van der Waals surface area contributed by atoms with Gasteiger partial charge < -0.3 is 10.6 Å². The van der Waals surface area contributed by atoms with Gasteiger partial charge in [-0.05, 0) is 18.8 Å². The van der Waals surface area contributed by atoms with Crippen LogP contribution in [0.25, 0.3) is 0 Å². The zero-order valence-corrected chi connectivity index (χ0v) is 16.0. The first-order chi connectivity index (χ1) is 9.52. The van der Waals surface area contributed by atoms with Gasteiger partial charge in [0.1, 0.15) is 4.88 Å². The van der Waals surface area contributed by atoms with Gasteiger partial charge in [-0.2, -0.15) is 0 Å². The van der Waals surface area contributed by atoms with E-state index in [1.165, 1.54) is 11.3 Å². The van der Waals surface area contributed by atoms with Gasteiger partial charge in [0.05, 0.1) is 10.7 Å². The van der Waals surface area contributed by atoms with E-state index < -0.39 is 0 Å². The lowest BCUT2D eigenvalue weighted by Crippen LogP contribution is -2.53. The highest BCUT2D eigenvalue weighted by Crippen LogP contribution is 2.32. The zero-order chi connectivity index (χ0) is 16.0. The maximum absolute atomic E-state index is 12.8. The van der Waals surface area contributed by atoms with Crippen molar-refractivity contribution in [3.8, 4) is 0 Å². The maximum Gasteiger partial charge on any atom is 0.265 e. The summed E-state index contributed by atoms with van der Waals surface area (Å²) >= 11 is 1.54. The van der Waals surface area contributed by atoms with Gasteiger partial charge in [0.2, 0.25) is 0 Å². The van der Waals surface area contributed by atoms with Crippen LogP contribution in [0, 0.1) is 12.3 Å². The number of aromatic nitrogens is 1. The topological polar surface area (TPSA) is 59.2 Å². The van der Waals surface area contributed by atoms with Crippen molar-refractivity contribution >= 4 is 29.7 Å². The fourth-order valence-electron chi connectivity index (χ4n) is 2.61. The lowest BCUT2D eigenvalue weighted by Gasteiger charge is -2.42. The molecule has 2 rings (SSSR count). The summed E-state index contributed by atoms with van der Waals surface area (Å²) in [5.41, 5.74) is 6.96. The number of nitrogens with two attached hydrogens (primary N) is 1. The lowest BCUT2D eigenvalue weighted by molar-refractivity contribution is 0.0536. The van der Waals surface area contributed by atoms with E-state index in [9.17, 15) is 4.79 Å². The van der Waals surface area contributed by atoms with Crippen molar-refractivity contribution in [3.05, 3.63) is 15.6 Å². The number of hydrogen-bond acceptors (Lipinski definition) is 4. The second kappa shape index (κ2) is 6.46. The van der Waals surface area contributed by atoms with Gasteiger partial charge in [0, 0.05) is 24.5 Å². The van der Waals surface area contributed by atoms with Gasteiger partial charge in [-0.15, -0.1) is 23.7 Å². The second-order valence-corrected chi connectivity index (χ2v) is 8.79. The summed E-state index contributed by atoms with van der Waals surface area (Å²) in [5.74, 6) is 0.112. The Morgan fingerprint density at radius 3 is 2.45 bits per heavy atom. The minimum atomic E-state index is -0.0284. The number of carbonyl (C=O) groups is 1. The van der Waals surface area contributed by atoms with E-state index in [1.54, 1.807) is 0 Å². The summed E-state index contributed by atoms with van der Waals surface area (Å²) in [6.07, 6.45) is 0.864. The van der Waals surface area contributed by atoms with Crippen LogP contribution < -0.4 is 5.73 Å². The molecule has 0 bridgehead atoms. The molecule has 1 fully saturated rings. The van der Waals surface area contributed by atoms with Crippen molar-refractivity contribution in [2.24, 2.45) is 11.1 Å². The number of carbonyl (C=O) groups excluding carboxylic acids is 1. The molecule has 0 aromatic carbocycles. The predicted octanol–water partition coefficient (Wildman–Crippen LogP) is 3.37. The number of aryl methyl sites for hydroxylation is 1. The van der Waals surface area contributed by atoms with Crippen LogP contribution in [0.3, 0.4) is 0 Å². The fraction of sp³-hybridized carbons (Fsp3) is 0.750. The number of amides is 1. The predicted molar refractivity (Wildman–Crippen MR) is 95.1 cm³/mol. The highest BCUT2D eigenvalue weighted by molar-refractivity contribution is 7.14. The Labute approximate surface area is 143 Å². The smallest absolute Gasteiger partial charge is 0.265 e. The third kappa shape index (κ3) is 3.81. The molecule has 126 valence electrons. The third-order valence-corrected chi connectivity index (χ3v) is 5.80. The molecule has 1 aromatic heterocycles. The fourth-order valence-corrected chi connectivity index (χ4v) is 3.70. The quantitative estimate of drug-likeness (QED) is 0.848. The summed E-state index contributed by atoms with van der Waals surface area (Å²) in [6.45, 7) is 14.0. The van der Waals surface area contributed by atoms with E-state index in [0.717, 1.165) is 35.1 Å². The summed E-state index contributed by atoms with van der Waals surface area (Å²) in [7, 11) is 0. The number of hydrogen-bond donors (Lipinski definition) is 1. The molecule has 1 unspecified atom stereocenters. The number of nitrogens with zero attached hydrogens (tertiary/aromatic N) is 2. The molecule has 0 aliphatic carbocycles. The van der Waals surface area contributed by atoms with Crippen molar-refractivity contribution in [2.75, 3.05) is 13.1 Å². The number of thiazole rings is 1. The Kier molecular flexibility index (Phi) is 5.69. The van der Waals surface area contributed by atoms with Crippen molar-refractivity contribution < 1.29 is 4.79 Å². The summed E-state index contributed by atoms with van der Waals surface area (Å²) in [6, 6.07) is 0.161. The standard InChI is InChI=1S/C16H27N3OS.ClH/c1-10-12(21-14(18-10)15(2,3)4)13(20)19-8-7-11(17)16(5,6)9-19;/h11H,7-9,17H2,1-6H3;1H. The van der Waals surface area contributed by atoms with Crippen LogP contribution in [-0.2, 0) is 5.41 Å². The maximum atomic E-state index is 12.8. The number of halogens is 1. The molecule has 1 saturated heterocycles. The highest BCUT2D eigenvalue weighted by Gasteiger charge is 2.36. The molecule has 1 amide bonds. The van der Waals surface area contributed by atoms with E-state index in [-0.39, 0.29) is 35.2 Å². The molecule has 0 saturated carbocycles. The Balaban J connectivity index is 0.00000242. The largest absolute Gasteiger partial charge is 0.337 e. The number of piperidine rings is 1. The SMILES string of the molecule is Cc1nc(C(C)(C)C)sc1C(=O)N1CCC(N)C(C)(C)C1.Cl. The van der Waals surface area contributed by atoms with Crippen LogP contribution in [-0.4, -0.2) is 34.9 Å². The van der Waals surface area contributed by atoms with E-state index in [4.69, 9.17) is 5.73 Å². The molecular formula is C16H28ClN3OS. The highest BCUT2D eigenvalue weighted by atomic mass is 35.5. The third-order valence-electron chi connectivity index (χ3n) is 4.23. The van der Waals surface area contributed by atoms with Crippen molar-refractivity contribution in [3.63, 3.8) is 0 Å². The summed E-state index contributed by atoms with van der Waals surface area (Å²) < 4.78 is 0. The molecule has 0 radical (unpaired) electrons. The lowest BCUT2D eigenvalue weighted by atomic mass is 9.79. The van der Waals surface area contributed by atoms with E-state index >= 15 is 0 Å². The Bertz CT molecular complexity index is 548. The second-order valence-electron chi connectivity index (χ2n) is 7.79. The van der Waals surface area contributed by atoms with Gasteiger partial charge >= 0.3 is 0 Å². The molecule has 2 N–H and O–H groups in total. The minimum absolute atomic E-state index is 0. The average Bonchev–Trinajstić information content (AvgIpc) is 2.74. The van der Waals surface area contributed by atoms with E-state index in [2.05, 4.69) is 39.6 Å². The van der Waals surface area contributed by atoms with Crippen LogP contribution in [0.4, 0.5) is 0 Å². The van der Waals surface area contributed by atoms with E-state index in [0.29, 0.717) is 0 Å². The number of likely N-dealkylation sites (tertiary alicyclic amines) is 1. The first kappa shape index (κ1) is 19.4. The van der Waals surface area contributed by atoms with Crippen LogP contribution in [0.5, 0.6) is 0 Å². The van der Waals surface area contributed by atoms with Gasteiger partial charge in [0.25, 0.3) is 5.91 Å². The summed E-state index contributed by atoms with van der Waals surface area (Å²) in [5, 5.41) is 1.02. The van der Waals surface area contributed by atoms with Crippen molar-refractivity contribution in [1.29, 1.82) is 0 Å². The molecule has 1 aliphatic heterocycles. The van der Waals surface area contributed by atoms with Gasteiger partial charge in [-0.3, -0.25) is 4.79 Å². The van der Waals surface area contributed by atoms with Gasteiger partial charge in [-0.25, -0.2) is 4.98 Å². The van der Waals surface area contributed by atoms with Crippen molar-refractivity contribution in [1.82, 2.24) is 9.88 Å². The Morgan fingerprint density at radius 1 is 1.41 bits per heavy atom. The van der Waals surface area contributed by atoms with Crippen molar-refractivity contribution in [2.45, 2.75) is 59.4 Å². The first-order valence-corrected chi connectivity index (χ1v) is 8.37. The minimum Gasteiger partial charge on any atom is -0.337 e. The van der Waals surface area contributed by atoms with Crippen LogP contribution in [0.15, 0.2) is 0 Å². The van der Waals surface area contributed by atoms with E-state index in [1.807, 2.05) is 11.8 Å². The molecule has 4 nitrogen and oxygen atoms in total. The molecular weight excluding hydrogens is 318 g/mol. The van der Waals surface area contributed by atoms with Crippen LogP contribution >= 0.6 is 23.7 Å². The molecule has 0 spiro atoms. The van der Waals surface area contributed by atoms with Crippen LogP contribution in [0.2, 0.25) is 0 Å². The molecule has 2 heterocycles. The Morgan fingerprint density at radius 2 is 2.00 bits per heavy atom. The first-order valence-electron chi connectivity index (χ1n) is 7.55. The molecule has 22 heavy (non-hydrogen) atoms. The normalized spacial score (nSPS) is 21.4. The molecule has 1 aromatic rings. The zero-order valence-electron chi connectivity index (χ0n) is 14.4. The van der Waals surface area contributed by atoms with Crippen LogP contribution in [0.1, 0.15) is 61.4 Å².